The molecule has 5 heteroatoms. The van der Waals surface area contributed by atoms with E-state index in [4.69, 9.17) is 9.72 Å². The summed E-state index contributed by atoms with van der Waals surface area (Å²) < 4.78 is 5.92. The second-order valence-electron chi connectivity index (χ2n) is 6.08. The number of anilines is 1. The van der Waals surface area contributed by atoms with Gasteiger partial charge in [-0.15, -0.1) is 12.4 Å². The van der Waals surface area contributed by atoms with Gasteiger partial charge in [-0.25, -0.2) is 0 Å². The summed E-state index contributed by atoms with van der Waals surface area (Å²) in [6, 6.07) is 10.6. The topological polar surface area (TPSA) is 25.4 Å². The number of hydrogen-bond acceptors (Lipinski definition) is 4. The Labute approximate surface area is 152 Å². The second-order valence-corrected chi connectivity index (χ2v) is 6.86. The van der Waals surface area contributed by atoms with E-state index in [-0.39, 0.29) is 12.4 Å². The van der Waals surface area contributed by atoms with Crippen LogP contribution in [-0.2, 0) is 6.61 Å². The van der Waals surface area contributed by atoms with Gasteiger partial charge < -0.3 is 9.64 Å². The number of thiophene rings is 1. The lowest BCUT2D eigenvalue weighted by Gasteiger charge is -2.20. The van der Waals surface area contributed by atoms with Crippen molar-refractivity contribution >= 4 is 40.3 Å². The maximum atomic E-state index is 5.92. The molecule has 0 spiro atoms. The molecule has 3 heterocycles. The predicted octanol–water partition coefficient (Wildman–Crippen LogP) is 5.21. The number of aromatic nitrogens is 1. The molecule has 1 fully saturated rings. The summed E-state index contributed by atoms with van der Waals surface area (Å²) in [5, 5.41) is 5.42. The largest absolute Gasteiger partial charge is 0.489 e. The van der Waals surface area contributed by atoms with E-state index in [0.717, 1.165) is 30.0 Å². The Kier molecular flexibility index (Phi) is 5.27. The van der Waals surface area contributed by atoms with Gasteiger partial charge in [0.15, 0.2) is 0 Å². The molecule has 0 atom stereocenters. The van der Waals surface area contributed by atoms with Crippen molar-refractivity contribution in [3.05, 3.63) is 52.3 Å². The molecular weight excluding hydrogens is 340 g/mol. The Morgan fingerprint density at radius 1 is 1.17 bits per heavy atom. The van der Waals surface area contributed by atoms with Crippen LogP contribution in [0.2, 0.25) is 0 Å². The van der Waals surface area contributed by atoms with Gasteiger partial charge in [-0.2, -0.15) is 11.3 Å². The van der Waals surface area contributed by atoms with E-state index < -0.39 is 0 Å². The molecule has 1 aromatic carbocycles. The Bertz CT molecular complexity index is 814. The van der Waals surface area contributed by atoms with Crippen molar-refractivity contribution in [2.75, 3.05) is 18.0 Å². The van der Waals surface area contributed by atoms with Crippen LogP contribution in [0.1, 0.15) is 24.1 Å². The predicted molar refractivity (Wildman–Crippen MR) is 104 cm³/mol. The van der Waals surface area contributed by atoms with Gasteiger partial charge in [-0.05, 0) is 60.4 Å². The van der Waals surface area contributed by atoms with Gasteiger partial charge in [0.05, 0.1) is 5.52 Å². The van der Waals surface area contributed by atoms with E-state index in [0.29, 0.717) is 6.61 Å². The van der Waals surface area contributed by atoms with Crippen LogP contribution in [0.4, 0.5) is 5.69 Å². The highest BCUT2D eigenvalue weighted by Gasteiger charge is 2.16. The van der Waals surface area contributed by atoms with Crippen LogP contribution in [0.5, 0.6) is 5.75 Å². The van der Waals surface area contributed by atoms with E-state index in [9.17, 15) is 0 Å². The fraction of sp³-hybridized carbons (Fsp3) is 0.316. The third-order valence-corrected chi connectivity index (χ3v) is 5.05. The molecule has 1 aliphatic rings. The van der Waals surface area contributed by atoms with Crippen LogP contribution in [-0.4, -0.2) is 18.1 Å². The van der Waals surface area contributed by atoms with Crippen LogP contribution >= 0.6 is 23.7 Å². The highest BCUT2D eigenvalue weighted by molar-refractivity contribution is 7.07. The molecule has 4 rings (SSSR count). The summed E-state index contributed by atoms with van der Waals surface area (Å²) in [4.78, 5) is 7.18. The number of ether oxygens (including phenoxy) is 1. The number of hydrogen-bond donors (Lipinski definition) is 0. The first-order chi connectivity index (χ1) is 11.3. The molecule has 0 radical (unpaired) electrons. The molecule has 3 aromatic rings. The summed E-state index contributed by atoms with van der Waals surface area (Å²) in [5.74, 6) is 0.883. The Morgan fingerprint density at radius 3 is 2.75 bits per heavy atom. The number of pyridine rings is 1. The number of fused-ring (bicyclic) bond motifs is 1. The van der Waals surface area contributed by atoms with Crippen molar-refractivity contribution in [3.63, 3.8) is 0 Å². The molecule has 2 aromatic heterocycles. The van der Waals surface area contributed by atoms with E-state index in [1.807, 2.05) is 0 Å². The van der Waals surface area contributed by atoms with Crippen molar-refractivity contribution in [1.82, 2.24) is 4.98 Å². The summed E-state index contributed by atoms with van der Waals surface area (Å²) in [5.41, 5.74) is 4.61. The molecule has 24 heavy (non-hydrogen) atoms. The summed E-state index contributed by atoms with van der Waals surface area (Å²) in [7, 11) is 0. The maximum Gasteiger partial charge on any atom is 0.122 e. The van der Waals surface area contributed by atoms with Crippen molar-refractivity contribution in [2.45, 2.75) is 26.4 Å². The molecule has 1 aliphatic heterocycles. The van der Waals surface area contributed by atoms with E-state index >= 15 is 0 Å². The van der Waals surface area contributed by atoms with Gasteiger partial charge in [0.2, 0.25) is 0 Å². The first kappa shape index (κ1) is 17.1. The highest BCUT2D eigenvalue weighted by Crippen LogP contribution is 2.31. The lowest BCUT2D eigenvalue weighted by molar-refractivity contribution is 0.307. The normalized spacial score (nSPS) is 14.0. The van der Waals surface area contributed by atoms with Gasteiger partial charge >= 0.3 is 0 Å². The highest BCUT2D eigenvalue weighted by atomic mass is 35.5. The van der Waals surface area contributed by atoms with Crippen molar-refractivity contribution in [2.24, 2.45) is 0 Å². The minimum absolute atomic E-state index is 0. The summed E-state index contributed by atoms with van der Waals surface area (Å²) in [6.07, 6.45) is 2.56. The number of rotatable bonds is 4. The zero-order valence-corrected chi connectivity index (χ0v) is 15.3. The Balaban J connectivity index is 0.00000169. The number of benzene rings is 1. The molecular formula is C19H21ClN2OS. The van der Waals surface area contributed by atoms with Gasteiger partial charge in [-0.3, -0.25) is 4.98 Å². The molecule has 0 aliphatic carbocycles. The SMILES string of the molecule is Cc1cc(N2CCCC2)c2ccc(OCc3ccsc3)cc2n1.Cl. The number of nitrogens with zero attached hydrogens (tertiary/aromatic N) is 2. The lowest BCUT2D eigenvalue weighted by Crippen LogP contribution is -2.18. The van der Waals surface area contributed by atoms with Crippen LogP contribution < -0.4 is 9.64 Å². The first-order valence-corrected chi connectivity index (χ1v) is 9.04. The van der Waals surface area contributed by atoms with Crippen LogP contribution in [0, 0.1) is 6.92 Å². The molecule has 0 unspecified atom stereocenters. The quantitative estimate of drug-likeness (QED) is 0.639. The second kappa shape index (κ2) is 7.41. The standard InChI is InChI=1S/C19H20N2OS.ClH/c1-14-10-19(21-7-2-3-8-21)17-5-4-16(11-18(17)20-14)22-12-15-6-9-23-13-15;/h4-6,9-11,13H,2-3,7-8,12H2,1H3;1H. The van der Waals surface area contributed by atoms with Crippen molar-refractivity contribution in [3.8, 4) is 5.75 Å². The smallest absolute Gasteiger partial charge is 0.122 e. The minimum Gasteiger partial charge on any atom is -0.489 e. The van der Waals surface area contributed by atoms with Crippen molar-refractivity contribution < 1.29 is 4.74 Å². The maximum absolute atomic E-state index is 5.92. The molecule has 0 amide bonds. The van der Waals surface area contributed by atoms with Gasteiger partial charge in [0, 0.05) is 35.9 Å². The molecule has 3 nitrogen and oxygen atoms in total. The fourth-order valence-electron chi connectivity index (χ4n) is 3.17. The number of halogens is 1. The Hall–Kier alpha value is -1.78. The van der Waals surface area contributed by atoms with Gasteiger partial charge in [0.1, 0.15) is 12.4 Å². The molecule has 0 bridgehead atoms. The fourth-order valence-corrected chi connectivity index (χ4v) is 3.82. The zero-order chi connectivity index (χ0) is 15.6. The zero-order valence-electron chi connectivity index (χ0n) is 13.7. The van der Waals surface area contributed by atoms with Gasteiger partial charge in [0.25, 0.3) is 0 Å². The van der Waals surface area contributed by atoms with Crippen LogP contribution in [0.15, 0.2) is 41.1 Å². The Morgan fingerprint density at radius 2 is 2.00 bits per heavy atom. The average molecular weight is 361 g/mol. The third-order valence-electron chi connectivity index (χ3n) is 4.32. The van der Waals surface area contributed by atoms with Crippen LogP contribution in [0.3, 0.4) is 0 Å². The molecule has 0 saturated carbocycles. The van der Waals surface area contributed by atoms with E-state index in [2.05, 4.69) is 52.9 Å². The lowest BCUT2D eigenvalue weighted by atomic mass is 10.1. The monoisotopic (exact) mass is 360 g/mol. The summed E-state index contributed by atoms with van der Waals surface area (Å²) >= 11 is 1.70. The summed E-state index contributed by atoms with van der Waals surface area (Å²) in [6.45, 7) is 4.97. The van der Waals surface area contributed by atoms with Gasteiger partial charge in [-0.1, -0.05) is 0 Å². The van der Waals surface area contributed by atoms with Crippen molar-refractivity contribution in [1.29, 1.82) is 0 Å². The van der Waals surface area contributed by atoms with Crippen LogP contribution in [0.25, 0.3) is 10.9 Å². The third kappa shape index (κ3) is 3.50. The minimum atomic E-state index is 0. The molecule has 0 N–H and O–H groups in total. The molecule has 1 saturated heterocycles. The molecule has 126 valence electrons. The number of aryl methyl sites for hydroxylation is 1. The van der Waals surface area contributed by atoms with E-state index in [1.54, 1.807) is 11.3 Å². The first-order valence-electron chi connectivity index (χ1n) is 8.10. The van der Waals surface area contributed by atoms with E-state index in [1.165, 1.54) is 29.5 Å². The average Bonchev–Trinajstić information content (AvgIpc) is 3.25.